The molecule has 0 radical (unpaired) electrons. The zero-order valence-corrected chi connectivity index (χ0v) is 22.2. The standard InChI is InChI=1S/C28H37N7O/c1-18(2)35-24-15-23-25(14-21(24)16-30-35)34(22-9-7-8-12-33(17-22)28(4,5)6)27(31-23)32-26(36)20-10-11-29-19(3)13-20/h10-11,13-16,18,22H,7-9,12,17H2,1-6H3,(H,31,32,36)/t22-/m1/s1. The van der Waals surface area contributed by atoms with Crippen LogP contribution in [0.5, 0.6) is 0 Å². The summed E-state index contributed by atoms with van der Waals surface area (Å²) in [6.07, 6.45) is 6.95. The maximum atomic E-state index is 13.3. The van der Waals surface area contributed by atoms with E-state index in [0.717, 1.165) is 53.6 Å². The van der Waals surface area contributed by atoms with E-state index in [4.69, 9.17) is 4.98 Å². The van der Waals surface area contributed by atoms with E-state index >= 15 is 0 Å². The molecule has 5 rings (SSSR count). The number of hydrogen-bond acceptors (Lipinski definition) is 5. The number of nitrogens with zero attached hydrogens (tertiary/aromatic N) is 6. The van der Waals surface area contributed by atoms with Crippen LogP contribution >= 0.6 is 0 Å². The van der Waals surface area contributed by atoms with Gasteiger partial charge in [-0.05, 0) is 85.2 Å². The van der Waals surface area contributed by atoms with Crippen molar-refractivity contribution >= 4 is 33.8 Å². The third kappa shape index (κ3) is 4.62. The van der Waals surface area contributed by atoms with Crippen molar-refractivity contribution in [1.29, 1.82) is 0 Å². The Morgan fingerprint density at radius 1 is 1.14 bits per heavy atom. The van der Waals surface area contributed by atoms with Crippen LogP contribution in [0.2, 0.25) is 0 Å². The smallest absolute Gasteiger partial charge is 0.258 e. The molecule has 8 nitrogen and oxygen atoms in total. The second-order valence-corrected chi connectivity index (χ2v) is 11.3. The van der Waals surface area contributed by atoms with Crippen LogP contribution in [0.15, 0.2) is 36.7 Å². The summed E-state index contributed by atoms with van der Waals surface area (Å²) in [6, 6.07) is 8.29. The second-order valence-electron chi connectivity index (χ2n) is 11.3. The normalized spacial score (nSPS) is 17.7. The molecule has 1 aromatic carbocycles. The zero-order valence-electron chi connectivity index (χ0n) is 22.2. The number of rotatable bonds is 4. The lowest BCUT2D eigenvalue weighted by atomic mass is 10.0. The van der Waals surface area contributed by atoms with Crippen molar-refractivity contribution < 1.29 is 4.79 Å². The Hall–Kier alpha value is -3.26. The first kappa shape index (κ1) is 24.4. The molecular weight excluding hydrogens is 450 g/mol. The average molecular weight is 488 g/mol. The number of aryl methyl sites for hydroxylation is 1. The van der Waals surface area contributed by atoms with Crippen LogP contribution < -0.4 is 5.32 Å². The number of benzene rings is 1. The highest BCUT2D eigenvalue weighted by atomic mass is 16.1. The average Bonchev–Trinajstić information content (AvgIpc) is 3.27. The van der Waals surface area contributed by atoms with Gasteiger partial charge in [-0.25, -0.2) is 4.98 Å². The summed E-state index contributed by atoms with van der Waals surface area (Å²) in [5.41, 5.74) is 4.43. The van der Waals surface area contributed by atoms with Crippen molar-refractivity contribution in [3.63, 3.8) is 0 Å². The van der Waals surface area contributed by atoms with E-state index in [1.165, 1.54) is 6.42 Å². The van der Waals surface area contributed by atoms with E-state index < -0.39 is 0 Å². The Morgan fingerprint density at radius 3 is 2.67 bits per heavy atom. The number of hydrogen-bond donors (Lipinski definition) is 1. The van der Waals surface area contributed by atoms with Crippen molar-refractivity contribution in [3.8, 4) is 0 Å². The van der Waals surface area contributed by atoms with Crippen LogP contribution in [0.4, 0.5) is 5.95 Å². The number of carbonyl (C=O) groups excluding carboxylic acids is 1. The Bertz CT molecular complexity index is 1410. The van der Waals surface area contributed by atoms with Crippen molar-refractivity contribution in [2.45, 2.75) is 78.4 Å². The van der Waals surface area contributed by atoms with Crippen LogP contribution in [-0.2, 0) is 0 Å². The van der Waals surface area contributed by atoms with Crippen molar-refractivity contribution in [2.75, 3.05) is 18.4 Å². The molecule has 190 valence electrons. The van der Waals surface area contributed by atoms with Gasteiger partial charge in [0.05, 0.1) is 22.7 Å². The monoisotopic (exact) mass is 487 g/mol. The van der Waals surface area contributed by atoms with E-state index in [-0.39, 0.29) is 23.5 Å². The number of fused-ring (bicyclic) bond motifs is 2. The number of pyridine rings is 1. The molecule has 1 N–H and O–H groups in total. The molecule has 1 amide bonds. The molecule has 0 spiro atoms. The lowest BCUT2D eigenvalue weighted by Crippen LogP contribution is -2.44. The van der Waals surface area contributed by atoms with E-state index in [9.17, 15) is 4.79 Å². The van der Waals surface area contributed by atoms with Gasteiger partial charge >= 0.3 is 0 Å². The molecule has 1 aliphatic heterocycles. The second kappa shape index (κ2) is 9.32. The Morgan fingerprint density at radius 2 is 1.94 bits per heavy atom. The summed E-state index contributed by atoms with van der Waals surface area (Å²) >= 11 is 0. The topological polar surface area (TPSA) is 80.9 Å². The maximum absolute atomic E-state index is 13.3. The van der Waals surface area contributed by atoms with Gasteiger partial charge in [0.15, 0.2) is 0 Å². The minimum absolute atomic E-state index is 0.0720. The fraction of sp³-hybridized carbons (Fsp3) is 0.500. The first-order valence-electron chi connectivity index (χ1n) is 13.0. The number of aromatic nitrogens is 5. The third-order valence-corrected chi connectivity index (χ3v) is 7.24. The van der Waals surface area contributed by atoms with E-state index in [1.807, 2.05) is 17.8 Å². The molecule has 1 atom stereocenters. The number of amides is 1. The van der Waals surface area contributed by atoms with Gasteiger partial charge in [0.1, 0.15) is 0 Å². The first-order valence-corrected chi connectivity index (χ1v) is 13.0. The van der Waals surface area contributed by atoms with Crippen LogP contribution in [0.3, 0.4) is 0 Å². The summed E-state index contributed by atoms with van der Waals surface area (Å²) in [4.78, 5) is 25.0. The maximum Gasteiger partial charge on any atom is 0.258 e. The van der Waals surface area contributed by atoms with Gasteiger partial charge in [-0.2, -0.15) is 5.10 Å². The van der Waals surface area contributed by atoms with Crippen molar-refractivity contribution in [3.05, 3.63) is 47.9 Å². The SMILES string of the molecule is Cc1cc(C(=O)Nc2nc3cc4c(cnn4C(C)C)cc3n2[C@@H]2CCCCN(C(C)(C)C)C2)ccn1. The molecule has 36 heavy (non-hydrogen) atoms. The lowest BCUT2D eigenvalue weighted by Gasteiger charge is -2.37. The molecule has 1 fully saturated rings. The zero-order chi connectivity index (χ0) is 25.6. The largest absolute Gasteiger partial charge is 0.306 e. The molecule has 0 saturated carbocycles. The minimum Gasteiger partial charge on any atom is -0.306 e. The molecule has 8 heteroatoms. The predicted octanol–water partition coefficient (Wildman–Crippen LogP) is 5.75. The van der Waals surface area contributed by atoms with Crippen molar-refractivity contribution in [2.24, 2.45) is 0 Å². The molecular formula is C28H37N7O. The van der Waals surface area contributed by atoms with E-state index in [1.54, 1.807) is 18.3 Å². The highest BCUT2D eigenvalue weighted by molar-refractivity contribution is 6.04. The molecule has 1 aliphatic rings. The molecule has 3 aromatic heterocycles. The first-order chi connectivity index (χ1) is 17.1. The predicted molar refractivity (Wildman–Crippen MR) is 145 cm³/mol. The quantitative estimate of drug-likeness (QED) is 0.396. The van der Waals surface area contributed by atoms with Crippen molar-refractivity contribution in [1.82, 2.24) is 29.2 Å². The summed E-state index contributed by atoms with van der Waals surface area (Å²) < 4.78 is 4.29. The highest BCUT2D eigenvalue weighted by Crippen LogP contribution is 2.34. The lowest BCUT2D eigenvalue weighted by molar-refractivity contribution is 0.102. The van der Waals surface area contributed by atoms with Gasteiger partial charge in [0.2, 0.25) is 5.95 Å². The van der Waals surface area contributed by atoms with Crippen LogP contribution in [0, 0.1) is 6.92 Å². The van der Waals surface area contributed by atoms with Gasteiger partial charge in [-0.15, -0.1) is 0 Å². The van der Waals surface area contributed by atoms with Crippen LogP contribution in [0.1, 0.15) is 82.0 Å². The molecule has 1 saturated heterocycles. The summed E-state index contributed by atoms with van der Waals surface area (Å²) in [5.74, 6) is 0.429. The van der Waals surface area contributed by atoms with Gasteiger partial charge in [-0.1, -0.05) is 6.42 Å². The van der Waals surface area contributed by atoms with Gasteiger partial charge in [-0.3, -0.25) is 24.7 Å². The Balaban J connectivity index is 1.64. The molecule has 0 aliphatic carbocycles. The molecule has 4 aromatic rings. The summed E-state index contributed by atoms with van der Waals surface area (Å²) in [6.45, 7) is 15.0. The summed E-state index contributed by atoms with van der Waals surface area (Å²) in [5, 5.41) is 8.84. The van der Waals surface area contributed by atoms with Gasteiger partial charge in [0, 0.05) is 47.0 Å². The number of carbonyl (C=O) groups is 1. The number of nitrogens with one attached hydrogen (secondary N) is 1. The molecule has 0 bridgehead atoms. The Labute approximate surface area is 212 Å². The Kier molecular flexibility index (Phi) is 6.32. The minimum atomic E-state index is -0.170. The third-order valence-electron chi connectivity index (χ3n) is 7.24. The van der Waals surface area contributed by atoms with E-state index in [2.05, 4.69) is 71.6 Å². The van der Waals surface area contributed by atoms with Crippen LogP contribution in [-0.4, -0.2) is 53.8 Å². The molecule has 4 heterocycles. The highest BCUT2D eigenvalue weighted by Gasteiger charge is 2.30. The van der Waals surface area contributed by atoms with Crippen LogP contribution in [0.25, 0.3) is 21.9 Å². The summed E-state index contributed by atoms with van der Waals surface area (Å²) in [7, 11) is 0. The van der Waals surface area contributed by atoms with E-state index in [0.29, 0.717) is 11.5 Å². The number of likely N-dealkylation sites (tertiary alicyclic amines) is 1. The van der Waals surface area contributed by atoms with Gasteiger partial charge < -0.3 is 4.57 Å². The molecule has 0 unspecified atom stereocenters. The number of imidazole rings is 1. The fourth-order valence-electron chi connectivity index (χ4n) is 5.30. The number of anilines is 1. The fourth-order valence-corrected chi connectivity index (χ4v) is 5.30. The van der Waals surface area contributed by atoms with Gasteiger partial charge in [0.25, 0.3) is 5.91 Å².